The lowest BCUT2D eigenvalue weighted by Crippen LogP contribution is -2.06. The summed E-state index contributed by atoms with van der Waals surface area (Å²) in [6.07, 6.45) is 2.83. The highest BCUT2D eigenvalue weighted by atomic mass is 35.5. The van der Waals surface area contributed by atoms with Gasteiger partial charge in [0.25, 0.3) is 0 Å². The maximum atomic E-state index is 9.27. The molecule has 0 saturated carbocycles. The van der Waals surface area contributed by atoms with Crippen LogP contribution in [-0.2, 0) is 0 Å². The lowest BCUT2D eigenvalue weighted by molar-refractivity contribution is 0.220. The molecule has 1 aromatic carbocycles. The van der Waals surface area contributed by atoms with E-state index in [1.165, 1.54) is 0 Å². The SMILES string of the molecule is C=C(CC(CO)CCC)c1ccc(Cl)cc1Cl. The minimum absolute atomic E-state index is 0.193. The molecule has 0 aliphatic carbocycles. The number of allylic oxidation sites excluding steroid dienone is 1. The minimum atomic E-state index is 0.193. The van der Waals surface area contributed by atoms with Crippen LogP contribution in [0.15, 0.2) is 24.8 Å². The molecule has 1 aromatic rings. The van der Waals surface area contributed by atoms with Gasteiger partial charge in [-0.1, -0.05) is 49.2 Å². The maximum absolute atomic E-state index is 9.27. The van der Waals surface area contributed by atoms with Gasteiger partial charge in [0.1, 0.15) is 0 Å². The second-order valence-electron chi connectivity index (χ2n) is 4.27. The van der Waals surface area contributed by atoms with Crippen LogP contribution in [0, 0.1) is 5.92 Å². The summed E-state index contributed by atoms with van der Waals surface area (Å²) in [6.45, 7) is 6.35. The molecule has 1 N–H and O–H groups in total. The van der Waals surface area contributed by atoms with E-state index in [1.807, 2.05) is 12.1 Å². The van der Waals surface area contributed by atoms with Crippen molar-refractivity contribution in [1.82, 2.24) is 0 Å². The molecule has 1 rings (SSSR count). The van der Waals surface area contributed by atoms with Crippen molar-refractivity contribution >= 4 is 28.8 Å². The summed E-state index contributed by atoms with van der Waals surface area (Å²) in [5, 5.41) is 10.5. The molecular formula is C14H18Cl2O. The average Bonchev–Trinajstić information content (AvgIpc) is 2.28. The first-order valence-electron chi connectivity index (χ1n) is 5.82. The topological polar surface area (TPSA) is 20.2 Å². The molecule has 0 saturated heterocycles. The number of aliphatic hydroxyl groups is 1. The molecule has 0 spiro atoms. The number of aliphatic hydroxyl groups excluding tert-OH is 1. The van der Waals surface area contributed by atoms with Gasteiger partial charge in [-0.15, -0.1) is 0 Å². The molecule has 17 heavy (non-hydrogen) atoms. The molecule has 0 amide bonds. The molecule has 0 heterocycles. The van der Waals surface area contributed by atoms with E-state index in [2.05, 4.69) is 13.5 Å². The summed E-state index contributed by atoms with van der Waals surface area (Å²) in [7, 11) is 0. The Balaban J connectivity index is 2.75. The zero-order chi connectivity index (χ0) is 12.8. The Kier molecular flexibility index (Phi) is 6.04. The fraction of sp³-hybridized carbons (Fsp3) is 0.429. The van der Waals surface area contributed by atoms with Crippen LogP contribution in [0.2, 0.25) is 10.0 Å². The van der Waals surface area contributed by atoms with E-state index in [1.54, 1.807) is 6.07 Å². The Morgan fingerprint density at radius 2 is 2.12 bits per heavy atom. The molecule has 94 valence electrons. The summed E-state index contributed by atoms with van der Waals surface area (Å²) in [5.74, 6) is 0.263. The highest BCUT2D eigenvalue weighted by Crippen LogP contribution is 2.30. The Morgan fingerprint density at radius 1 is 1.41 bits per heavy atom. The maximum Gasteiger partial charge on any atom is 0.0495 e. The van der Waals surface area contributed by atoms with Crippen molar-refractivity contribution in [2.24, 2.45) is 5.92 Å². The van der Waals surface area contributed by atoms with Crippen LogP contribution in [0.5, 0.6) is 0 Å². The highest BCUT2D eigenvalue weighted by Gasteiger charge is 2.11. The third-order valence-electron chi connectivity index (χ3n) is 2.80. The van der Waals surface area contributed by atoms with Gasteiger partial charge in [0.15, 0.2) is 0 Å². The van der Waals surface area contributed by atoms with E-state index in [0.29, 0.717) is 10.0 Å². The summed E-state index contributed by atoms with van der Waals surface area (Å²) in [6, 6.07) is 5.41. The Labute approximate surface area is 113 Å². The van der Waals surface area contributed by atoms with E-state index >= 15 is 0 Å². The van der Waals surface area contributed by atoms with Gasteiger partial charge >= 0.3 is 0 Å². The van der Waals surface area contributed by atoms with Crippen LogP contribution in [0.3, 0.4) is 0 Å². The third-order valence-corrected chi connectivity index (χ3v) is 3.35. The van der Waals surface area contributed by atoms with Crippen molar-refractivity contribution in [3.05, 3.63) is 40.4 Å². The first-order chi connectivity index (χ1) is 8.08. The molecule has 0 aromatic heterocycles. The van der Waals surface area contributed by atoms with Crippen LogP contribution in [-0.4, -0.2) is 11.7 Å². The van der Waals surface area contributed by atoms with Crippen LogP contribution in [0.25, 0.3) is 5.57 Å². The van der Waals surface area contributed by atoms with E-state index in [0.717, 1.165) is 30.4 Å². The molecule has 0 bridgehead atoms. The van der Waals surface area contributed by atoms with Gasteiger partial charge in [0.05, 0.1) is 0 Å². The summed E-state index contributed by atoms with van der Waals surface area (Å²) in [5.41, 5.74) is 1.88. The van der Waals surface area contributed by atoms with Crippen LogP contribution in [0.1, 0.15) is 31.7 Å². The van der Waals surface area contributed by atoms with Gasteiger partial charge in [-0.05, 0) is 42.0 Å². The normalized spacial score (nSPS) is 12.5. The van der Waals surface area contributed by atoms with Gasteiger partial charge in [0, 0.05) is 16.7 Å². The fourth-order valence-electron chi connectivity index (χ4n) is 1.90. The zero-order valence-electron chi connectivity index (χ0n) is 10.0. The molecule has 1 unspecified atom stereocenters. The van der Waals surface area contributed by atoms with Crippen molar-refractivity contribution in [2.75, 3.05) is 6.61 Å². The number of rotatable bonds is 6. The molecule has 1 atom stereocenters. The van der Waals surface area contributed by atoms with Crippen LogP contribution in [0.4, 0.5) is 0 Å². The predicted octanol–water partition coefficient (Wildman–Crippen LogP) is 4.81. The van der Waals surface area contributed by atoms with Gasteiger partial charge in [-0.3, -0.25) is 0 Å². The van der Waals surface area contributed by atoms with E-state index in [4.69, 9.17) is 23.2 Å². The molecule has 0 aliphatic rings. The summed E-state index contributed by atoms with van der Waals surface area (Å²) >= 11 is 12.0. The first-order valence-corrected chi connectivity index (χ1v) is 6.58. The monoisotopic (exact) mass is 272 g/mol. The average molecular weight is 273 g/mol. The third kappa shape index (κ3) is 4.34. The Hall–Kier alpha value is -0.500. The molecule has 0 fully saturated rings. The molecule has 0 aliphatic heterocycles. The molecule has 0 radical (unpaired) electrons. The summed E-state index contributed by atoms with van der Waals surface area (Å²) in [4.78, 5) is 0. The number of benzene rings is 1. The second kappa shape index (κ2) is 7.05. The number of hydrogen-bond donors (Lipinski definition) is 1. The van der Waals surface area contributed by atoms with Gasteiger partial charge in [-0.25, -0.2) is 0 Å². The van der Waals surface area contributed by atoms with E-state index < -0.39 is 0 Å². The lowest BCUT2D eigenvalue weighted by atomic mass is 9.93. The van der Waals surface area contributed by atoms with E-state index in [9.17, 15) is 5.11 Å². The van der Waals surface area contributed by atoms with Crippen molar-refractivity contribution in [3.63, 3.8) is 0 Å². The van der Waals surface area contributed by atoms with Crippen LogP contribution >= 0.6 is 23.2 Å². The molecular weight excluding hydrogens is 255 g/mol. The van der Waals surface area contributed by atoms with Crippen LogP contribution < -0.4 is 0 Å². The predicted molar refractivity (Wildman–Crippen MR) is 75.6 cm³/mol. The van der Waals surface area contributed by atoms with Crippen molar-refractivity contribution in [3.8, 4) is 0 Å². The number of halogens is 2. The smallest absolute Gasteiger partial charge is 0.0495 e. The standard InChI is InChI=1S/C14H18Cl2O/c1-3-4-11(9-17)7-10(2)13-6-5-12(15)8-14(13)16/h5-6,8,11,17H,2-4,7,9H2,1H3. The number of hydrogen-bond acceptors (Lipinski definition) is 1. The minimum Gasteiger partial charge on any atom is -0.396 e. The Bertz CT molecular complexity index is 388. The first kappa shape index (κ1) is 14.6. The van der Waals surface area contributed by atoms with Crippen molar-refractivity contribution in [1.29, 1.82) is 0 Å². The van der Waals surface area contributed by atoms with E-state index in [-0.39, 0.29) is 12.5 Å². The Morgan fingerprint density at radius 3 is 2.65 bits per heavy atom. The molecule has 3 heteroatoms. The molecule has 1 nitrogen and oxygen atoms in total. The van der Waals surface area contributed by atoms with Crippen molar-refractivity contribution < 1.29 is 5.11 Å². The van der Waals surface area contributed by atoms with Crippen molar-refractivity contribution in [2.45, 2.75) is 26.2 Å². The second-order valence-corrected chi connectivity index (χ2v) is 5.11. The highest BCUT2D eigenvalue weighted by molar-refractivity contribution is 6.35. The van der Waals surface area contributed by atoms with Gasteiger partial charge in [-0.2, -0.15) is 0 Å². The largest absolute Gasteiger partial charge is 0.396 e. The fourth-order valence-corrected chi connectivity index (χ4v) is 2.44. The lowest BCUT2D eigenvalue weighted by Gasteiger charge is -2.15. The quantitative estimate of drug-likeness (QED) is 0.788. The van der Waals surface area contributed by atoms with Gasteiger partial charge in [0.2, 0.25) is 0 Å². The van der Waals surface area contributed by atoms with Gasteiger partial charge < -0.3 is 5.11 Å². The zero-order valence-corrected chi connectivity index (χ0v) is 11.6. The summed E-state index contributed by atoms with van der Waals surface area (Å²) < 4.78 is 0.